The molecule has 2 aromatic carbocycles. The highest BCUT2D eigenvalue weighted by Crippen LogP contribution is 2.30. The molecular formula is C22H25FN2O3. The number of anilines is 1. The lowest BCUT2D eigenvalue weighted by atomic mass is 10.1. The third-order valence-corrected chi connectivity index (χ3v) is 4.76. The zero-order chi connectivity index (χ0) is 20.3. The number of hydrogen-bond acceptors (Lipinski definition) is 3. The lowest BCUT2D eigenvalue weighted by molar-refractivity contribution is -0.139. The van der Waals surface area contributed by atoms with Crippen LogP contribution < -0.4 is 10.1 Å². The summed E-state index contributed by atoms with van der Waals surface area (Å²) >= 11 is 0. The third-order valence-electron chi connectivity index (χ3n) is 4.76. The van der Waals surface area contributed by atoms with E-state index in [-0.39, 0.29) is 36.6 Å². The van der Waals surface area contributed by atoms with Crippen LogP contribution in [0.5, 0.6) is 5.75 Å². The number of hydrogen-bond donors (Lipinski definition) is 1. The molecule has 5 nitrogen and oxygen atoms in total. The van der Waals surface area contributed by atoms with E-state index < -0.39 is 6.10 Å². The van der Waals surface area contributed by atoms with E-state index in [9.17, 15) is 14.0 Å². The molecule has 0 saturated heterocycles. The van der Waals surface area contributed by atoms with E-state index >= 15 is 0 Å². The number of nitrogens with one attached hydrogen (secondary N) is 1. The molecule has 2 aromatic rings. The Balaban J connectivity index is 1.90. The van der Waals surface area contributed by atoms with Crippen molar-refractivity contribution in [2.75, 3.05) is 5.32 Å². The Labute approximate surface area is 164 Å². The number of fused-ring (bicyclic) bond motifs is 1. The van der Waals surface area contributed by atoms with E-state index in [4.69, 9.17) is 4.74 Å². The summed E-state index contributed by atoms with van der Waals surface area (Å²) in [5.41, 5.74) is 1.88. The molecule has 1 N–H and O–H groups in total. The molecule has 1 aliphatic rings. The molecule has 148 valence electrons. The van der Waals surface area contributed by atoms with Gasteiger partial charge in [0.25, 0.3) is 5.91 Å². The molecular weight excluding hydrogens is 359 g/mol. The molecule has 6 heteroatoms. The van der Waals surface area contributed by atoms with Gasteiger partial charge in [-0.3, -0.25) is 9.59 Å². The molecule has 1 heterocycles. The van der Waals surface area contributed by atoms with Crippen molar-refractivity contribution in [3.63, 3.8) is 0 Å². The van der Waals surface area contributed by atoms with Gasteiger partial charge in [0.2, 0.25) is 5.91 Å². The predicted molar refractivity (Wildman–Crippen MR) is 105 cm³/mol. The van der Waals surface area contributed by atoms with Gasteiger partial charge in [-0.15, -0.1) is 0 Å². The molecule has 1 aliphatic heterocycles. The van der Waals surface area contributed by atoms with Crippen molar-refractivity contribution < 1.29 is 18.7 Å². The lowest BCUT2D eigenvalue weighted by Gasteiger charge is -2.23. The standard InChI is InChI=1S/C22H25FN2O3/c1-4-19-22(27)25(12-15-7-5-6-8-18(15)23)13-16-11-17(9-10-20(16)28-19)24-21(26)14(2)3/h5-11,14,19H,4,12-13H2,1-3H3,(H,24,26)/t19-/m1/s1. The van der Waals surface area contributed by atoms with Gasteiger partial charge in [0.1, 0.15) is 11.6 Å². The second-order valence-electron chi connectivity index (χ2n) is 7.27. The zero-order valence-corrected chi connectivity index (χ0v) is 16.4. The minimum atomic E-state index is -0.621. The smallest absolute Gasteiger partial charge is 0.264 e. The summed E-state index contributed by atoms with van der Waals surface area (Å²) in [6.07, 6.45) is -0.109. The third kappa shape index (κ3) is 4.32. The molecule has 0 bridgehead atoms. The van der Waals surface area contributed by atoms with E-state index in [0.29, 0.717) is 23.4 Å². The zero-order valence-electron chi connectivity index (χ0n) is 16.4. The van der Waals surface area contributed by atoms with Crippen LogP contribution in [-0.2, 0) is 22.7 Å². The quantitative estimate of drug-likeness (QED) is 0.844. The Morgan fingerprint density at radius 2 is 2.04 bits per heavy atom. The van der Waals surface area contributed by atoms with Gasteiger partial charge in [0, 0.05) is 35.8 Å². The number of carbonyl (C=O) groups is 2. The van der Waals surface area contributed by atoms with Crippen molar-refractivity contribution in [2.45, 2.75) is 46.4 Å². The maximum absolute atomic E-state index is 14.1. The largest absolute Gasteiger partial charge is 0.480 e. The maximum Gasteiger partial charge on any atom is 0.264 e. The van der Waals surface area contributed by atoms with E-state index in [1.54, 1.807) is 35.2 Å². The number of benzene rings is 2. The number of nitrogens with zero attached hydrogens (tertiary/aromatic N) is 1. The average molecular weight is 384 g/mol. The number of amides is 2. The molecule has 0 aromatic heterocycles. The van der Waals surface area contributed by atoms with Gasteiger partial charge in [0.05, 0.1) is 0 Å². The SMILES string of the molecule is CC[C@H]1Oc2ccc(NC(=O)C(C)C)cc2CN(Cc2ccccc2F)C1=O. The van der Waals surface area contributed by atoms with E-state index in [2.05, 4.69) is 5.32 Å². The average Bonchev–Trinajstić information content (AvgIpc) is 2.80. The van der Waals surface area contributed by atoms with Crippen LogP contribution in [0.4, 0.5) is 10.1 Å². The van der Waals surface area contributed by atoms with Gasteiger partial charge in [-0.2, -0.15) is 0 Å². The monoisotopic (exact) mass is 384 g/mol. The molecule has 0 unspecified atom stereocenters. The van der Waals surface area contributed by atoms with Gasteiger partial charge in [0.15, 0.2) is 6.10 Å². The van der Waals surface area contributed by atoms with E-state index in [1.165, 1.54) is 6.07 Å². The summed E-state index contributed by atoms with van der Waals surface area (Å²) in [7, 11) is 0. The minimum Gasteiger partial charge on any atom is -0.480 e. The number of ether oxygens (including phenoxy) is 1. The molecule has 28 heavy (non-hydrogen) atoms. The van der Waals surface area contributed by atoms with Crippen LogP contribution in [0, 0.1) is 11.7 Å². The maximum atomic E-state index is 14.1. The van der Waals surface area contributed by atoms with Crippen molar-refractivity contribution in [2.24, 2.45) is 5.92 Å². The van der Waals surface area contributed by atoms with Gasteiger partial charge in [-0.05, 0) is 30.7 Å². The number of rotatable bonds is 5. The Morgan fingerprint density at radius 1 is 1.29 bits per heavy atom. The van der Waals surface area contributed by atoms with E-state index in [0.717, 1.165) is 5.56 Å². The number of carbonyl (C=O) groups excluding carboxylic acids is 2. The van der Waals surface area contributed by atoms with Crippen molar-refractivity contribution in [3.05, 3.63) is 59.4 Å². The normalized spacial score (nSPS) is 16.4. The fraction of sp³-hybridized carbons (Fsp3) is 0.364. The van der Waals surface area contributed by atoms with Crippen molar-refractivity contribution >= 4 is 17.5 Å². The van der Waals surface area contributed by atoms with Crippen molar-refractivity contribution in [1.82, 2.24) is 4.90 Å². The fourth-order valence-corrected chi connectivity index (χ4v) is 3.10. The van der Waals surface area contributed by atoms with Crippen molar-refractivity contribution in [1.29, 1.82) is 0 Å². The van der Waals surface area contributed by atoms with Crippen LogP contribution in [0.3, 0.4) is 0 Å². The molecule has 1 atom stereocenters. The topological polar surface area (TPSA) is 58.6 Å². The minimum absolute atomic E-state index is 0.0831. The summed E-state index contributed by atoms with van der Waals surface area (Å²) in [4.78, 5) is 26.5. The van der Waals surface area contributed by atoms with Crippen LogP contribution in [0.15, 0.2) is 42.5 Å². The Morgan fingerprint density at radius 3 is 2.71 bits per heavy atom. The van der Waals surface area contributed by atoms with Crippen LogP contribution in [0.1, 0.15) is 38.3 Å². The van der Waals surface area contributed by atoms with Gasteiger partial charge in [-0.25, -0.2) is 4.39 Å². The van der Waals surface area contributed by atoms with E-state index in [1.807, 2.05) is 26.8 Å². The molecule has 0 aliphatic carbocycles. The summed E-state index contributed by atoms with van der Waals surface area (Å²) in [5.74, 6) is -0.126. The first-order valence-corrected chi connectivity index (χ1v) is 9.51. The highest BCUT2D eigenvalue weighted by molar-refractivity contribution is 5.92. The van der Waals surface area contributed by atoms with Gasteiger partial charge >= 0.3 is 0 Å². The first-order valence-electron chi connectivity index (χ1n) is 9.51. The molecule has 0 spiro atoms. The van der Waals surface area contributed by atoms with Crippen LogP contribution in [0.2, 0.25) is 0 Å². The molecule has 2 amide bonds. The Kier molecular flexibility index (Phi) is 5.97. The van der Waals surface area contributed by atoms with Crippen LogP contribution in [0.25, 0.3) is 0 Å². The van der Waals surface area contributed by atoms with Gasteiger partial charge < -0.3 is 15.0 Å². The first kappa shape index (κ1) is 19.9. The molecule has 0 radical (unpaired) electrons. The fourth-order valence-electron chi connectivity index (χ4n) is 3.10. The predicted octanol–water partition coefficient (Wildman–Crippen LogP) is 4.12. The highest BCUT2D eigenvalue weighted by atomic mass is 19.1. The summed E-state index contributed by atoms with van der Waals surface area (Å²) in [5, 5.41) is 2.86. The molecule has 0 fully saturated rings. The first-order chi connectivity index (χ1) is 13.4. The van der Waals surface area contributed by atoms with Crippen LogP contribution >= 0.6 is 0 Å². The van der Waals surface area contributed by atoms with Gasteiger partial charge in [-0.1, -0.05) is 39.0 Å². The number of halogens is 1. The highest BCUT2D eigenvalue weighted by Gasteiger charge is 2.30. The van der Waals surface area contributed by atoms with Crippen molar-refractivity contribution in [3.8, 4) is 5.75 Å². The Bertz CT molecular complexity index is 882. The van der Waals surface area contributed by atoms with Crippen LogP contribution in [-0.4, -0.2) is 22.8 Å². The summed E-state index contributed by atoms with van der Waals surface area (Å²) < 4.78 is 20.0. The molecule has 3 rings (SSSR count). The second-order valence-corrected chi connectivity index (χ2v) is 7.27. The second kappa shape index (κ2) is 8.42. The Hall–Kier alpha value is -2.89. The summed E-state index contributed by atoms with van der Waals surface area (Å²) in [6.45, 7) is 5.97. The summed E-state index contributed by atoms with van der Waals surface area (Å²) in [6, 6.07) is 11.8. The molecule has 0 saturated carbocycles. The lowest BCUT2D eigenvalue weighted by Crippen LogP contribution is -2.39.